The summed E-state index contributed by atoms with van der Waals surface area (Å²) in [6.07, 6.45) is 18.4. The van der Waals surface area contributed by atoms with Crippen molar-refractivity contribution in [3.63, 3.8) is 0 Å². The SMILES string of the molecule is CCCCCCCCc1ccc(OCCOCCOCCOc2ccc(CCCCCCCC)cc2)cc1. The molecule has 2 aromatic rings. The summed E-state index contributed by atoms with van der Waals surface area (Å²) in [5, 5.41) is 0. The number of hydrogen-bond donors (Lipinski definition) is 0. The lowest BCUT2D eigenvalue weighted by Crippen LogP contribution is -2.13. The highest BCUT2D eigenvalue weighted by atomic mass is 16.6. The highest BCUT2D eigenvalue weighted by Crippen LogP contribution is 2.16. The van der Waals surface area contributed by atoms with Crippen LogP contribution in [0.1, 0.15) is 102 Å². The van der Waals surface area contributed by atoms with Gasteiger partial charge in [-0.05, 0) is 61.1 Å². The fraction of sp³-hybridized carbons (Fsp3) is 0.647. The van der Waals surface area contributed by atoms with E-state index in [9.17, 15) is 0 Å². The molecule has 0 radical (unpaired) electrons. The molecule has 214 valence electrons. The Balaban J connectivity index is 1.39. The van der Waals surface area contributed by atoms with Crippen LogP contribution in [0.25, 0.3) is 0 Å². The second-order valence-corrected chi connectivity index (χ2v) is 10.2. The first kappa shape index (κ1) is 32.2. The number of rotatable bonds is 25. The quantitative estimate of drug-likeness (QED) is 0.121. The second kappa shape index (κ2) is 22.9. The van der Waals surface area contributed by atoms with Crippen LogP contribution in [0.2, 0.25) is 0 Å². The Kier molecular flexibility index (Phi) is 19.4. The van der Waals surface area contributed by atoms with Crippen LogP contribution in [0.5, 0.6) is 11.5 Å². The van der Waals surface area contributed by atoms with Gasteiger partial charge in [-0.2, -0.15) is 0 Å². The zero-order valence-electron chi connectivity index (χ0n) is 24.4. The van der Waals surface area contributed by atoms with Gasteiger partial charge in [-0.15, -0.1) is 0 Å². The molecule has 0 amide bonds. The molecule has 0 aromatic heterocycles. The largest absolute Gasteiger partial charge is 0.491 e. The molecule has 0 saturated carbocycles. The summed E-state index contributed by atoms with van der Waals surface area (Å²) in [6.45, 7) is 7.87. The Hall–Kier alpha value is -2.04. The molecule has 0 spiro atoms. The average molecular weight is 527 g/mol. The van der Waals surface area contributed by atoms with E-state index in [-0.39, 0.29) is 0 Å². The van der Waals surface area contributed by atoms with Crippen LogP contribution < -0.4 is 9.47 Å². The fourth-order valence-electron chi connectivity index (χ4n) is 4.48. The standard InChI is InChI=1S/C34H54O4/c1-3-5-7-9-11-13-15-31-17-21-33(22-18-31)37-29-27-35-25-26-36-28-30-38-34-23-19-32(20-24-34)16-14-12-10-8-6-4-2/h17-24H,3-16,25-30H2,1-2H3. The Bertz CT molecular complexity index is 705. The minimum Gasteiger partial charge on any atom is -0.491 e. The lowest BCUT2D eigenvalue weighted by Gasteiger charge is -2.10. The van der Waals surface area contributed by atoms with Gasteiger partial charge in [-0.3, -0.25) is 0 Å². The third-order valence-electron chi connectivity index (χ3n) is 6.85. The molecular formula is C34H54O4. The molecule has 0 saturated heterocycles. The van der Waals surface area contributed by atoms with E-state index in [1.165, 1.54) is 88.2 Å². The van der Waals surface area contributed by atoms with Gasteiger partial charge in [0, 0.05) is 0 Å². The molecule has 0 bridgehead atoms. The third-order valence-corrected chi connectivity index (χ3v) is 6.85. The van der Waals surface area contributed by atoms with Crippen LogP contribution in [0.15, 0.2) is 48.5 Å². The Morgan fingerprint density at radius 3 is 1.13 bits per heavy atom. The first-order valence-electron chi connectivity index (χ1n) is 15.4. The number of ether oxygens (including phenoxy) is 4. The molecule has 0 fully saturated rings. The molecule has 2 rings (SSSR count). The number of unbranched alkanes of at least 4 members (excludes halogenated alkanes) is 10. The molecule has 0 N–H and O–H groups in total. The monoisotopic (exact) mass is 526 g/mol. The third kappa shape index (κ3) is 16.7. The molecule has 0 unspecified atom stereocenters. The van der Waals surface area contributed by atoms with E-state index in [0.29, 0.717) is 39.6 Å². The summed E-state index contributed by atoms with van der Waals surface area (Å²) in [6, 6.07) is 17.0. The van der Waals surface area contributed by atoms with Crippen molar-refractivity contribution in [2.45, 2.75) is 104 Å². The highest BCUT2D eigenvalue weighted by Gasteiger charge is 1.99. The minimum absolute atomic E-state index is 0.550. The zero-order chi connectivity index (χ0) is 26.9. The van der Waals surface area contributed by atoms with Crippen LogP contribution in [-0.4, -0.2) is 39.6 Å². The first-order chi connectivity index (χ1) is 18.8. The van der Waals surface area contributed by atoms with E-state index in [1.807, 2.05) is 0 Å². The van der Waals surface area contributed by atoms with Crippen LogP contribution in [0.4, 0.5) is 0 Å². The maximum atomic E-state index is 5.79. The van der Waals surface area contributed by atoms with Crippen LogP contribution in [0, 0.1) is 0 Å². The lowest BCUT2D eigenvalue weighted by atomic mass is 10.0. The van der Waals surface area contributed by atoms with Crippen LogP contribution in [0.3, 0.4) is 0 Å². The van der Waals surface area contributed by atoms with Crippen molar-refractivity contribution in [3.05, 3.63) is 59.7 Å². The molecule has 0 aliphatic carbocycles. The van der Waals surface area contributed by atoms with Gasteiger partial charge in [0.1, 0.15) is 24.7 Å². The zero-order valence-corrected chi connectivity index (χ0v) is 24.4. The number of benzene rings is 2. The van der Waals surface area contributed by atoms with Crippen molar-refractivity contribution in [2.24, 2.45) is 0 Å². The molecule has 0 atom stereocenters. The Labute approximate surface area is 233 Å². The van der Waals surface area contributed by atoms with Crippen LogP contribution >= 0.6 is 0 Å². The smallest absolute Gasteiger partial charge is 0.119 e. The van der Waals surface area contributed by atoms with Gasteiger partial charge >= 0.3 is 0 Å². The molecule has 0 aliphatic rings. The van der Waals surface area contributed by atoms with Gasteiger partial charge in [0.2, 0.25) is 0 Å². The predicted octanol–water partition coefficient (Wildman–Crippen LogP) is 8.98. The van der Waals surface area contributed by atoms with E-state index in [4.69, 9.17) is 18.9 Å². The second-order valence-electron chi connectivity index (χ2n) is 10.2. The van der Waals surface area contributed by atoms with Gasteiger partial charge in [-0.1, -0.05) is 102 Å². The molecule has 2 aromatic carbocycles. The molecule has 4 heteroatoms. The van der Waals surface area contributed by atoms with Gasteiger partial charge in [-0.25, -0.2) is 0 Å². The van der Waals surface area contributed by atoms with E-state index >= 15 is 0 Å². The van der Waals surface area contributed by atoms with Gasteiger partial charge in [0.05, 0.1) is 26.4 Å². The summed E-state index contributed by atoms with van der Waals surface area (Å²) in [5.41, 5.74) is 2.79. The summed E-state index contributed by atoms with van der Waals surface area (Å²) < 4.78 is 22.8. The van der Waals surface area contributed by atoms with E-state index in [1.54, 1.807) is 0 Å². The summed E-state index contributed by atoms with van der Waals surface area (Å²) in [5.74, 6) is 1.81. The van der Waals surface area contributed by atoms with Gasteiger partial charge in [0.25, 0.3) is 0 Å². The Morgan fingerprint density at radius 2 is 0.737 bits per heavy atom. The number of aryl methyl sites for hydroxylation is 2. The van der Waals surface area contributed by atoms with Crippen molar-refractivity contribution in [1.29, 1.82) is 0 Å². The normalized spacial score (nSPS) is 11.1. The van der Waals surface area contributed by atoms with E-state index in [2.05, 4.69) is 62.4 Å². The van der Waals surface area contributed by atoms with Crippen LogP contribution in [-0.2, 0) is 22.3 Å². The number of hydrogen-bond acceptors (Lipinski definition) is 4. The molecular weight excluding hydrogens is 472 g/mol. The highest BCUT2D eigenvalue weighted by molar-refractivity contribution is 5.28. The Morgan fingerprint density at radius 1 is 0.395 bits per heavy atom. The maximum absolute atomic E-state index is 5.79. The summed E-state index contributed by atoms with van der Waals surface area (Å²) in [7, 11) is 0. The summed E-state index contributed by atoms with van der Waals surface area (Å²) >= 11 is 0. The fourth-order valence-corrected chi connectivity index (χ4v) is 4.48. The summed E-state index contributed by atoms with van der Waals surface area (Å²) in [4.78, 5) is 0. The van der Waals surface area contributed by atoms with Crippen molar-refractivity contribution >= 4 is 0 Å². The van der Waals surface area contributed by atoms with Crippen molar-refractivity contribution in [1.82, 2.24) is 0 Å². The molecule has 38 heavy (non-hydrogen) atoms. The average Bonchev–Trinajstić information content (AvgIpc) is 2.95. The predicted molar refractivity (Wildman–Crippen MR) is 160 cm³/mol. The lowest BCUT2D eigenvalue weighted by molar-refractivity contribution is 0.0273. The molecule has 4 nitrogen and oxygen atoms in total. The minimum atomic E-state index is 0.550. The van der Waals surface area contributed by atoms with E-state index in [0.717, 1.165) is 24.3 Å². The van der Waals surface area contributed by atoms with Crippen molar-refractivity contribution < 1.29 is 18.9 Å². The van der Waals surface area contributed by atoms with Gasteiger partial charge in [0.15, 0.2) is 0 Å². The molecule has 0 aliphatic heterocycles. The van der Waals surface area contributed by atoms with Gasteiger partial charge < -0.3 is 18.9 Å². The maximum Gasteiger partial charge on any atom is 0.119 e. The van der Waals surface area contributed by atoms with Crippen molar-refractivity contribution in [3.8, 4) is 11.5 Å². The molecule has 0 heterocycles. The van der Waals surface area contributed by atoms with E-state index < -0.39 is 0 Å². The topological polar surface area (TPSA) is 36.9 Å². The first-order valence-corrected chi connectivity index (χ1v) is 15.4. The van der Waals surface area contributed by atoms with Crippen molar-refractivity contribution in [2.75, 3.05) is 39.6 Å².